The van der Waals surface area contributed by atoms with Gasteiger partial charge >= 0.3 is 0 Å². The molecule has 0 fully saturated rings. The second kappa shape index (κ2) is 5.66. The lowest BCUT2D eigenvalue weighted by Gasteiger charge is -2.06. The van der Waals surface area contributed by atoms with Crippen molar-refractivity contribution >= 4 is 21.7 Å². The molecule has 0 aliphatic rings. The number of carbonyl (C=O) groups is 1. The zero-order valence-corrected chi connectivity index (χ0v) is 12.4. The minimum Gasteiger partial charge on any atom is -0.294 e. The first-order chi connectivity index (χ1) is 8.97. The fourth-order valence-corrected chi connectivity index (χ4v) is 2.27. The first kappa shape index (κ1) is 13.9. The van der Waals surface area contributed by atoms with Gasteiger partial charge in [-0.3, -0.25) is 4.79 Å². The zero-order chi connectivity index (χ0) is 14.0. The SMILES string of the molecule is Cc1ccc(CC(=O)c2cc(Br)ccc2F)cc1C. The van der Waals surface area contributed by atoms with Gasteiger partial charge < -0.3 is 0 Å². The molecule has 1 nitrogen and oxygen atoms in total. The molecule has 0 saturated heterocycles. The molecule has 0 amide bonds. The molecule has 2 aromatic carbocycles. The Labute approximate surface area is 120 Å². The molecule has 0 N–H and O–H groups in total. The molecular formula is C16H14BrFO. The van der Waals surface area contributed by atoms with Crippen molar-refractivity contribution in [3.8, 4) is 0 Å². The Morgan fingerprint density at radius 1 is 1.11 bits per heavy atom. The van der Waals surface area contributed by atoms with Crippen LogP contribution in [0.1, 0.15) is 27.0 Å². The summed E-state index contributed by atoms with van der Waals surface area (Å²) in [7, 11) is 0. The van der Waals surface area contributed by atoms with Gasteiger partial charge in [0.15, 0.2) is 5.78 Å². The number of halogens is 2. The van der Waals surface area contributed by atoms with Gasteiger partial charge in [-0.25, -0.2) is 4.39 Å². The van der Waals surface area contributed by atoms with Crippen molar-refractivity contribution in [1.29, 1.82) is 0 Å². The molecule has 0 spiro atoms. The first-order valence-electron chi connectivity index (χ1n) is 6.02. The van der Waals surface area contributed by atoms with Crippen molar-refractivity contribution in [2.75, 3.05) is 0 Å². The lowest BCUT2D eigenvalue weighted by molar-refractivity contribution is 0.0989. The minimum absolute atomic E-state index is 0.132. The summed E-state index contributed by atoms with van der Waals surface area (Å²) in [5.41, 5.74) is 3.37. The van der Waals surface area contributed by atoms with E-state index in [4.69, 9.17) is 0 Å². The number of hydrogen-bond acceptors (Lipinski definition) is 1. The quantitative estimate of drug-likeness (QED) is 0.753. The maximum absolute atomic E-state index is 13.6. The van der Waals surface area contributed by atoms with Crippen LogP contribution in [0.25, 0.3) is 0 Å². The van der Waals surface area contributed by atoms with Crippen LogP contribution < -0.4 is 0 Å². The van der Waals surface area contributed by atoms with Crippen LogP contribution in [-0.2, 0) is 6.42 Å². The summed E-state index contributed by atoms with van der Waals surface area (Å²) in [4.78, 5) is 12.1. The summed E-state index contributed by atoms with van der Waals surface area (Å²) >= 11 is 3.25. The number of carbonyl (C=O) groups excluding carboxylic acids is 1. The molecular weight excluding hydrogens is 307 g/mol. The van der Waals surface area contributed by atoms with E-state index < -0.39 is 5.82 Å². The van der Waals surface area contributed by atoms with E-state index in [-0.39, 0.29) is 17.8 Å². The molecule has 19 heavy (non-hydrogen) atoms. The number of aryl methyl sites for hydroxylation is 2. The Balaban J connectivity index is 2.25. The number of hydrogen-bond donors (Lipinski definition) is 0. The van der Waals surface area contributed by atoms with E-state index in [0.29, 0.717) is 4.47 Å². The predicted octanol–water partition coefficient (Wildman–Crippen LogP) is 4.63. The standard InChI is InChI=1S/C16H14BrFO/c1-10-3-4-12(7-11(10)2)8-16(19)14-9-13(17)5-6-15(14)18/h3-7,9H,8H2,1-2H3. The second-order valence-corrected chi connectivity index (χ2v) is 5.56. The Kier molecular flexibility index (Phi) is 4.15. The highest BCUT2D eigenvalue weighted by molar-refractivity contribution is 9.10. The lowest BCUT2D eigenvalue weighted by atomic mass is 9.99. The molecule has 0 bridgehead atoms. The van der Waals surface area contributed by atoms with E-state index in [1.807, 2.05) is 32.0 Å². The van der Waals surface area contributed by atoms with Gasteiger partial charge in [-0.2, -0.15) is 0 Å². The smallest absolute Gasteiger partial charge is 0.170 e. The van der Waals surface area contributed by atoms with Crippen molar-refractivity contribution in [3.63, 3.8) is 0 Å². The molecule has 2 aromatic rings. The molecule has 0 aliphatic carbocycles. The third-order valence-corrected chi connectivity index (χ3v) is 3.66. The highest BCUT2D eigenvalue weighted by Crippen LogP contribution is 2.18. The largest absolute Gasteiger partial charge is 0.294 e. The van der Waals surface area contributed by atoms with Gasteiger partial charge in [0.2, 0.25) is 0 Å². The Hall–Kier alpha value is -1.48. The molecule has 0 heterocycles. The average Bonchev–Trinajstić information content (AvgIpc) is 2.36. The van der Waals surface area contributed by atoms with Gasteiger partial charge in [0.1, 0.15) is 5.82 Å². The Morgan fingerprint density at radius 3 is 2.53 bits per heavy atom. The summed E-state index contributed by atoms with van der Waals surface area (Å²) in [6.07, 6.45) is 0.217. The van der Waals surface area contributed by atoms with Crippen LogP contribution in [0.5, 0.6) is 0 Å². The third-order valence-electron chi connectivity index (χ3n) is 3.16. The van der Waals surface area contributed by atoms with Gasteiger partial charge in [-0.05, 0) is 48.7 Å². The van der Waals surface area contributed by atoms with Gasteiger partial charge in [0.25, 0.3) is 0 Å². The number of rotatable bonds is 3. The van der Waals surface area contributed by atoms with E-state index in [0.717, 1.165) is 11.1 Å². The van der Waals surface area contributed by atoms with E-state index in [1.54, 1.807) is 6.07 Å². The molecule has 2 rings (SSSR count). The van der Waals surface area contributed by atoms with Crippen LogP contribution in [0.3, 0.4) is 0 Å². The van der Waals surface area contributed by atoms with Crippen molar-refractivity contribution in [2.45, 2.75) is 20.3 Å². The monoisotopic (exact) mass is 320 g/mol. The molecule has 0 atom stereocenters. The minimum atomic E-state index is -0.475. The Bertz CT molecular complexity index is 635. The van der Waals surface area contributed by atoms with E-state index in [9.17, 15) is 9.18 Å². The summed E-state index contributed by atoms with van der Waals surface area (Å²) in [5.74, 6) is -0.681. The number of benzene rings is 2. The van der Waals surface area contributed by atoms with Crippen molar-refractivity contribution < 1.29 is 9.18 Å². The van der Waals surface area contributed by atoms with Gasteiger partial charge in [-0.1, -0.05) is 34.1 Å². The average molecular weight is 321 g/mol. The molecule has 0 aromatic heterocycles. The van der Waals surface area contributed by atoms with Gasteiger partial charge in [0, 0.05) is 10.9 Å². The topological polar surface area (TPSA) is 17.1 Å². The summed E-state index contributed by atoms with van der Waals surface area (Å²) in [6, 6.07) is 10.3. The fourth-order valence-electron chi connectivity index (χ4n) is 1.91. The van der Waals surface area contributed by atoms with Crippen LogP contribution in [0, 0.1) is 19.7 Å². The third kappa shape index (κ3) is 3.29. The van der Waals surface area contributed by atoms with E-state index in [1.165, 1.54) is 17.7 Å². The summed E-state index contributed by atoms with van der Waals surface area (Å²) < 4.78 is 14.3. The lowest BCUT2D eigenvalue weighted by Crippen LogP contribution is -2.06. The molecule has 0 radical (unpaired) electrons. The molecule has 0 saturated carbocycles. The van der Waals surface area contributed by atoms with Crippen molar-refractivity contribution in [2.24, 2.45) is 0 Å². The predicted molar refractivity (Wildman–Crippen MR) is 78.1 cm³/mol. The Morgan fingerprint density at radius 2 is 1.84 bits per heavy atom. The number of ketones is 1. The van der Waals surface area contributed by atoms with Crippen LogP contribution >= 0.6 is 15.9 Å². The van der Waals surface area contributed by atoms with Crippen molar-refractivity contribution in [3.05, 3.63) is 68.9 Å². The molecule has 98 valence electrons. The number of Topliss-reactive ketones (excluding diaryl/α,β-unsaturated/α-hetero) is 1. The molecule has 0 unspecified atom stereocenters. The summed E-state index contributed by atoms with van der Waals surface area (Å²) in [6.45, 7) is 4.03. The highest BCUT2D eigenvalue weighted by atomic mass is 79.9. The normalized spacial score (nSPS) is 10.5. The summed E-state index contributed by atoms with van der Waals surface area (Å²) in [5, 5.41) is 0. The fraction of sp³-hybridized carbons (Fsp3) is 0.188. The van der Waals surface area contributed by atoms with Gasteiger partial charge in [0.05, 0.1) is 5.56 Å². The van der Waals surface area contributed by atoms with Crippen LogP contribution in [0.2, 0.25) is 0 Å². The second-order valence-electron chi connectivity index (χ2n) is 4.64. The maximum atomic E-state index is 13.6. The maximum Gasteiger partial charge on any atom is 0.170 e. The van der Waals surface area contributed by atoms with E-state index in [2.05, 4.69) is 15.9 Å². The van der Waals surface area contributed by atoms with Crippen LogP contribution in [0.15, 0.2) is 40.9 Å². The van der Waals surface area contributed by atoms with Crippen molar-refractivity contribution in [1.82, 2.24) is 0 Å². The zero-order valence-electron chi connectivity index (χ0n) is 10.8. The highest BCUT2D eigenvalue weighted by Gasteiger charge is 2.13. The van der Waals surface area contributed by atoms with Crippen LogP contribution in [0.4, 0.5) is 4.39 Å². The van der Waals surface area contributed by atoms with Gasteiger partial charge in [-0.15, -0.1) is 0 Å². The molecule has 0 aliphatic heterocycles. The first-order valence-corrected chi connectivity index (χ1v) is 6.81. The molecule has 3 heteroatoms. The van der Waals surface area contributed by atoms with E-state index >= 15 is 0 Å². The van der Waals surface area contributed by atoms with Crippen LogP contribution in [-0.4, -0.2) is 5.78 Å².